The number of aryl methyl sites for hydroxylation is 1. The number of rotatable bonds is 3. The first-order chi connectivity index (χ1) is 12.1. The Hall–Kier alpha value is -3.01. The zero-order chi connectivity index (χ0) is 17.6. The van der Waals surface area contributed by atoms with Gasteiger partial charge in [0.25, 0.3) is 0 Å². The fourth-order valence-corrected chi connectivity index (χ4v) is 3.38. The lowest BCUT2D eigenvalue weighted by atomic mass is 10.1. The second-order valence-corrected chi connectivity index (χ2v) is 6.10. The molecular formula is C21H19NO3. The van der Waals surface area contributed by atoms with Gasteiger partial charge in [0.15, 0.2) is 5.76 Å². The summed E-state index contributed by atoms with van der Waals surface area (Å²) >= 11 is 0. The number of nitrogens with zero attached hydrogens (tertiary/aromatic N) is 1. The van der Waals surface area contributed by atoms with Crippen molar-refractivity contribution < 1.29 is 14.3 Å². The third-order valence-electron chi connectivity index (χ3n) is 4.70. The SMILES string of the molecule is CCn1cc(C=C2Oc3c(ccc(OC)c3C)C2=O)c2ccccc21. The minimum atomic E-state index is -0.0888. The lowest BCUT2D eigenvalue weighted by Crippen LogP contribution is -1.97. The standard InChI is InChI=1S/C21H19NO3/c1-4-22-12-14(15-7-5-6-8-17(15)22)11-19-20(23)16-9-10-18(24-3)13(2)21(16)25-19/h5-12H,4H2,1-3H3. The van der Waals surface area contributed by atoms with Gasteiger partial charge in [-0.1, -0.05) is 18.2 Å². The van der Waals surface area contributed by atoms with E-state index in [1.807, 2.05) is 25.1 Å². The molecule has 2 heterocycles. The number of ketones is 1. The summed E-state index contributed by atoms with van der Waals surface area (Å²) in [6.07, 6.45) is 3.90. The van der Waals surface area contributed by atoms with Gasteiger partial charge in [0.1, 0.15) is 11.5 Å². The topological polar surface area (TPSA) is 40.5 Å². The van der Waals surface area contributed by atoms with Crippen molar-refractivity contribution in [1.82, 2.24) is 4.57 Å². The van der Waals surface area contributed by atoms with Gasteiger partial charge in [-0.2, -0.15) is 0 Å². The summed E-state index contributed by atoms with van der Waals surface area (Å²) in [5, 5.41) is 1.11. The Bertz CT molecular complexity index is 1030. The molecule has 2 aromatic carbocycles. The average Bonchev–Trinajstić information content (AvgIpc) is 3.15. The molecule has 25 heavy (non-hydrogen) atoms. The number of allylic oxidation sites excluding steroid dienone is 1. The third-order valence-corrected chi connectivity index (χ3v) is 4.70. The molecule has 1 aromatic heterocycles. The first-order valence-electron chi connectivity index (χ1n) is 8.33. The van der Waals surface area contributed by atoms with Crippen molar-refractivity contribution in [1.29, 1.82) is 0 Å². The van der Waals surface area contributed by atoms with Crippen molar-refractivity contribution >= 4 is 22.8 Å². The number of carbonyl (C=O) groups is 1. The number of para-hydroxylation sites is 1. The van der Waals surface area contributed by atoms with Gasteiger partial charge in [-0.3, -0.25) is 4.79 Å². The van der Waals surface area contributed by atoms with Crippen LogP contribution in [-0.4, -0.2) is 17.5 Å². The number of benzene rings is 2. The normalized spacial score (nSPS) is 14.8. The Kier molecular flexibility index (Phi) is 3.61. The van der Waals surface area contributed by atoms with E-state index in [9.17, 15) is 4.79 Å². The largest absolute Gasteiger partial charge is 0.496 e. The van der Waals surface area contributed by atoms with Crippen molar-refractivity contribution in [3.05, 3.63) is 65.0 Å². The number of methoxy groups -OCH3 is 1. The second kappa shape index (κ2) is 5.81. The van der Waals surface area contributed by atoms with Crippen LogP contribution < -0.4 is 9.47 Å². The van der Waals surface area contributed by atoms with Crippen LogP contribution >= 0.6 is 0 Å². The Balaban J connectivity index is 1.82. The van der Waals surface area contributed by atoms with Crippen molar-refractivity contribution in [3.63, 3.8) is 0 Å². The molecule has 0 N–H and O–H groups in total. The number of hydrogen-bond donors (Lipinski definition) is 0. The van der Waals surface area contributed by atoms with Crippen LogP contribution in [0.3, 0.4) is 0 Å². The second-order valence-electron chi connectivity index (χ2n) is 6.10. The van der Waals surface area contributed by atoms with Crippen LogP contribution in [0.5, 0.6) is 11.5 Å². The smallest absolute Gasteiger partial charge is 0.231 e. The van der Waals surface area contributed by atoms with Crippen molar-refractivity contribution in [3.8, 4) is 11.5 Å². The van der Waals surface area contributed by atoms with E-state index in [1.165, 1.54) is 0 Å². The van der Waals surface area contributed by atoms with Gasteiger partial charge < -0.3 is 14.0 Å². The molecule has 1 aliphatic heterocycles. The average molecular weight is 333 g/mol. The number of hydrogen-bond acceptors (Lipinski definition) is 3. The molecule has 0 bridgehead atoms. The van der Waals surface area contributed by atoms with Gasteiger partial charge in [0.05, 0.1) is 12.7 Å². The van der Waals surface area contributed by atoms with E-state index in [0.717, 1.165) is 34.3 Å². The van der Waals surface area contributed by atoms with Crippen molar-refractivity contribution in [2.75, 3.05) is 7.11 Å². The van der Waals surface area contributed by atoms with E-state index in [1.54, 1.807) is 19.2 Å². The number of aromatic nitrogens is 1. The van der Waals surface area contributed by atoms with E-state index in [4.69, 9.17) is 9.47 Å². The van der Waals surface area contributed by atoms with Gasteiger partial charge in [0.2, 0.25) is 5.78 Å². The molecule has 0 fully saturated rings. The summed E-state index contributed by atoms with van der Waals surface area (Å²) in [5.74, 6) is 1.57. The maximum atomic E-state index is 12.7. The molecule has 1 aliphatic rings. The Morgan fingerprint density at radius 2 is 2.00 bits per heavy atom. The highest BCUT2D eigenvalue weighted by Crippen LogP contribution is 2.39. The summed E-state index contributed by atoms with van der Waals surface area (Å²) in [6, 6.07) is 11.7. The molecule has 126 valence electrons. The maximum absolute atomic E-state index is 12.7. The first-order valence-corrected chi connectivity index (χ1v) is 8.33. The van der Waals surface area contributed by atoms with E-state index >= 15 is 0 Å². The van der Waals surface area contributed by atoms with Gasteiger partial charge in [-0.25, -0.2) is 0 Å². The molecule has 0 atom stereocenters. The van der Waals surface area contributed by atoms with E-state index in [0.29, 0.717) is 17.1 Å². The van der Waals surface area contributed by atoms with Crippen LogP contribution in [0.25, 0.3) is 17.0 Å². The zero-order valence-corrected chi connectivity index (χ0v) is 14.5. The summed E-state index contributed by atoms with van der Waals surface area (Å²) in [5.41, 5.74) is 3.56. The predicted molar refractivity (Wildman–Crippen MR) is 98.3 cm³/mol. The molecule has 4 heteroatoms. The lowest BCUT2D eigenvalue weighted by Gasteiger charge is -2.07. The summed E-state index contributed by atoms with van der Waals surface area (Å²) in [4.78, 5) is 12.7. The fraction of sp³-hybridized carbons (Fsp3) is 0.190. The van der Waals surface area contributed by atoms with Crippen LogP contribution in [0.1, 0.15) is 28.4 Å². The molecule has 3 aromatic rings. The van der Waals surface area contributed by atoms with E-state index < -0.39 is 0 Å². The highest BCUT2D eigenvalue weighted by Gasteiger charge is 2.30. The lowest BCUT2D eigenvalue weighted by molar-refractivity contribution is 0.101. The van der Waals surface area contributed by atoms with Crippen LogP contribution in [0, 0.1) is 6.92 Å². The van der Waals surface area contributed by atoms with Gasteiger partial charge in [-0.15, -0.1) is 0 Å². The molecule has 0 amide bonds. The van der Waals surface area contributed by atoms with Gasteiger partial charge >= 0.3 is 0 Å². The molecule has 0 spiro atoms. The molecule has 0 aliphatic carbocycles. The number of carbonyl (C=O) groups excluding carboxylic acids is 1. The molecule has 0 radical (unpaired) electrons. The number of fused-ring (bicyclic) bond motifs is 2. The zero-order valence-electron chi connectivity index (χ0n) is 14.5. The minimum Gasteiger partial charge on any atom is -0.496 e. The fourth-order valence-electron chi connectivity index (χ4n) is 3.38. The van der Waals surface area contributed by atoms with Crippen molar-refractivity contribution in [2.45, 2.75) is 20.4 Å². The van der Waals surface area contributed by atoms with Crippen LogP contribution in [0.4, 0.5) is 0 Å². The molecule has 4 nitrogen and oxygen atoms in total. The highest BCUT2D eigenvalue weighted by molar-refractivity contribution is 6.15. The van der Waals surface area contributed by atoms with Crippen LogP contribution in [0.2, 0.25) is 0 Å². The van der Waals surface area contributed by atoms with E-state index in [2.05, 4.69) is 29.8 Å². The quantitative estimate of drug-likeness (QED) is 0.658. The summed E-state index contributed by atoms with van der Waals surface area (Å²) in [6.45, 7) is 4.87. The molecular weight excluding hydrogens is 314 g/mol. The van der Waals surface area contributed by atoms with Crippen molar-refractivity contribution in [2.24, 2.45) is 0 Å². The Morgan fingerprint density at radius 1 is 1.20 bits per heavy atom. The summed E-state index contributed by atoms with van der Waals surface area (Å²) < 4.78 is 13.4. The minimum absolute atomic E-state index is 0.0888. The monoisotopic (exact) mass is 333 g/mol. The Morgan fingerprint density at radius 3 is 2.76 bits per heavy atom. The summed E-state index contributed by atoms with van der Waals surface area (Å²) in [7, 11) is 1.61. The van der Waals surface area contributed by atoms with Gasteiger partial charge in [-0.05, 0) is 38.1 Å². The number of Topliss-reactive ketones (excluding diaryl/α,β-unsaturated/α-hetero) is 1. The van der Waals surface area contributed by atoms with E-state index in [-0.39, 0.29) is 5.78 Å². The predicted octanol–water partition coefficient (Wildman–Crippen LogP) is 4.59. The Labute approximate surface area is 146 Å². The third kappa shape index (κ3) is 2.33. The molecule has 4 rings (SSSR count). The van der Waals surface area contributed by atoms with Crippen LogP contribution in [0.15, 0.2) is 48.4 Å². The first kappa shape index (κ1) is 15.5. The number of ether oxygens (including phenoxy) is 2. The van der Waals surface area contributed by atoms with Crippen LogP contribution in [-0.2, 0) is 6.54 Å². The maximum Gasteiger partial charge on any atom is 0.231 e. The molecule has 0 unspecified atom stereocenters. The highest BCUT2D eigenvalue weighted by atomic mass is 16.5. The molecule has 0 saturated carbocycles. The van der Waals surface area contributed by atoms with Gasteiger partial charge in [0, 0.05) is 34.8 Å². The molecule has 0 saturated heterocycles.